The third-order valence-electron chi connectivity index (χ3n) is 2.21. The van der Waals surface area contributed by atoms with Crippen LogP contribution in [-0.2, 0) is 9.53 Å². The molecule has 0 aromatic heterocycles. The van der Waals surface area contributed by atoms with Crippen molar-refractivity contribution < 1.29 is 14.6 Å². The number of Topliss-reactive ketones (excluding diaryl/α,β-unsaturated/α-hetero) is 1. The topological polar surface area (TPSA) is 46.5 Å². The fourth-order valence-electron chi connectivity index (χ4n) is 1.57. The van der Waals surface area contributed by atoms with E-state index in [1.54, 1.807) is 12.2 Å². The van der Waals surface area contributed by atoms with Gasteiger partial charge in [0.1, 0.15) is 11.5 Å². The number of rotatable bonds is 0. The van der Waals surface area contributed by atoms with Crippen LogP contribution in [-0.4, -0.2) is 17.5 Å². The number of ketones is 1. The van der Waals surface area contributed by atoms with Crippen molar-refractivity contribution in [2.75, 3.05) is 6.61 Å². The van der Waals surface area contributed by atoms with Gasteiger partial charge in [0.25, 0.3) is 0 Å². The van der Waals surface area contributed by atoms with Crippen LogP contribution in [0.15, 0.2) is 23.7 Å². The molecule has 1 fully saturated rings. The third-order valence-corrected chi connectivity index (χ3v) is 2.21. The molecule has 0 spiro atoms. The molecule has 1 atom stereocenters. The van der Waals surface area contributed by atoms with Gasteiger partial charge in [-0.15, -0.1) is 0 Å². The summed E-state index contributed by atoms with van der Waals surface area (Å²) in [5.41, 5.74) is 0. The first-order valence-corrected chi connectivity index (χ1v) is 4.04. The van der Waals surface area contributed by atoms with E-state index in [2.05, 4.69) is 0 Å². The zero-order valence-electron chi connectivity index (χ0n) is 6.62. The van der Waals surface area contributed by atoms with Crippen LogP contribution in [0.25, 0.3) is 0 Å². The lowest BCUT2D eigenvalue weighted by molar-refractivity contribution is -0.126. The molecule has 0 aromatic carbocycles. The fraction of sp³-hybridized carbons (Fsp3) is 0.444. The minimum Gasteiger partial charge on any atom is -0.504 e. The van der Waals surface area contributed by atoms with E-state index in [4.69, 9.17) is 4.74 Å². The maximum Gasteiger partial charge on any atom is 0.153 e. The van der Waals surface area contributed by atoms with Gasteiger partial charge in [0.05, 0.1) is 12.5 Å². The molecule has 2 rings (SSSR count). The Morgan fingerprint density at radius 1 is 1.58 bits per heavy atom. The number of aliphatic hydroxyl groups excluding tert-OH is 1. The zero-order valence-corrected chi connectivity index (χ0v) is 6.62. The molecule has 0 bridgehead atoms. The van der Waals surface area contributed by atoms with Crippen molar-refractivity contribution in [2.45, 2.75) is 12.8 Å². The number of ether oxygens (including phenoxy) is 1. The lowest BCUT2D eigenvalue weighted by Gasteiger charge is -2.26. The molecule has 0 amide bonds. The van der Waals surface area contributed by atoms with Crippen molar-refractivity contribution in [3.8, 4) is 0 Å². The molecule has 2 aliphatic rings. The van der Waals surface area contributed by atoms with E-state index in [0.717, 1.165) is 0 Å². The van der Waals surface area contributed by atoms with E-state index in [9.17, 15) is 9.90 Å². The van der Waals surface area contributed by atoms with E-state index in [0.29, 0.717) is 25.2 Å². The third kappa shape index (κ3) is 1.02. The number of carbonyl (C=O) groups excluding carboxylic acids is 1. The van der Waals surface area contributed by atoms with E-state index < -0.39 is 0 Å². The largest absolute Gasteiger partial charge is 0.504 e. The molecule has 1 saturated heterocycles. The Hall–Kier alpha value is -1.25. The van der Waals surface area contributed by atoms with Crippen LogP contribution in [0.5, 0.6) is 0 Å². The van der Waals surface area contributed by atoms with E-state index in [-0.39, 0.29) is 17.5 Å². The Morgan fingerprint density at radius 2 is 2.42 bits per heavy atom. The van der Waals surface area contributed by atoms with Gasteiger partial charge in [0.15, 0.2) is 5.76 Å². The molecule has 1 N–H and O–H groups in total. The number of hydrogen-bond acceptors (Lipinski definition) is 3. The van der Waals surface area contributed by atoms with Crippen molar-refractivity contribution in [3.63, 3.8) is 0 Å². The predicted molar refractivity (Wildman–Crippen MR) is 42.5 cm³/mol. The number of aliphatic hydroxyl groups is 1. The van der Waals surface area contributed by atoms with Crippen molar-refractivity contribution in [1.29, 1.82) is 0 Å². The molecule has 1 aliphatic heterocycles. The standard InChI is InChI=1S/C9H10O3/c10-7-4-5-12-9-6(7)2-1-3-8(9)11/h1,3,6,11H,2,4-5H2. The van der Waals surface area contributed by atoms with E-state index in [1.165, 1.54) is 0 Å². The molecule has 0 aromatic rings. The van der Waals surface area contributed by atoms with Gasteiger partial charge in [-0.3, -0.25) is 4.79 Å². The van der Waals surface area contributed by atoms with Crippen LogP contribution in [0, 0.1) is 5.92 Å². The Labute approximate surface area is 70.3 Å². The Morgan fingerprint density at radius 3 is 3.17 bits per heavy atom. The van der Waals surface area contributed by atoms with Crippen LogP contribution < -0.4 is 0 Å². The summed E-state index contributed by atoms with van der Waals surface area (Å²) in [5.74, 6) is 0.531. The summed E-state index contributed by atoms with van der Waals surface area (Å²) >= 11 is 0. The molecule has 64 valence electrons. The summed E-state index contributed by atoms with van der Waals surface area (Å²) in [4.78, 5) is 11.3. The number of carbonyl (C=O) groups is 1. The molecule has 3 heteroatoms. The highest BCUT2D eigenvalue weighted by molar-refractivity contribution is 5.84. The maximum absolute atomic E-state index is 11.3. The first-order valence-electron chi connectivity index (χ1n) is 4.04. The Bertz CT molecular complexity index is 275. The quantitative estimate of drug-likeness (QED) is 0.590. The number of fused-ring (bicyclic) bond motifs is 1. The van der Waals surface area contributed by atoms with Crippen molar-refractivity contribution in [3.05, 3.63) is 23.7 Å². The first-order chi connectivity index (χ1) is 5.79. The molecular weight excluding hydrogens is 156 g/mol. The summed E-state index contributed by atoms with van der Waals surface area (Å²) in [6.45, 7) is 0.405. The molecule has 1 aliphatic carbocycles. The lowest BCUT2D eigenvalue weighted by Crippen LogP contribution is -2.27. The summed E-state index contributed by atoms with van der Waals surface area (Å²) in [6.07, 6.45) is 4.52. The normalized spacial score (nSPS) is 28.3. The average molecular weight is 166 g/mol. The van der Waals surface area contributed by atoms with Gasteiger partial charge in [-0.05, 0) is 12.5 Å². The van der Waals surface area contributed by atoms with Gasteiger partial charge in [-0.1, -0.05) is 6.08 Å². The van der Waals surface area contributed by atoms with Gasteiger partial charge < -0.3 is 9.84 Å². The molecule has 0 radical (unpaired) electrons. The second-order valence-corrected chi connectivity index (χ2v) is 3.00. The number of hydrogen-bond donors (Lipinski definition) is 1. The summed E-state index contributed by atoms with van der Waals surface area (Å²) in [5, 5.41) is 9.34. The van der Waals surface area contributed by atoms with Crippen molar-refractivity contribution >= 4 is 5.78 Å². The van der Waals surface area contributed by atoms with Crippen LogP contribution in [0.1, 0.15) is 12.8 Å². The van der Waals surface area contributed by atoms with Crippen LogP contribution >= 0.6 is 0 Å². The lowest BCUT2D eigenvalue weighted by atomic mass is 9.90. The predicted octanol–water partition coefficient (Wildman–Crippen LogP) is 1.32. The first kappa shape index (κ1) is 7.40. The zero-order chi connectivity index (χ0) is 8.55. The van der Waals surface area contributed by atoms with Crippen LogP contribution in [0.3, 0.4) is 0 Å². The molecular formula is C9H10O3. The van der Waals surface area contributed by atoms with Gasteiger partial charge >= 0.3 is 0 Å². The second kappa shape index (κ2) is 2.66. The van der Waals surface area contributed by atoms with Crippen molar-refractivity contribution in [2.24, 2.45) is 5.92 Å². The molecule has 12 heavy (non-hydrogen) atoms. The smallest absolute Gasteiger partial charge is 0.153 e. The summed E-state index contributed by atoms with van der Waals surface area (Å²) in [7, 11) is 0. The van der Waals surface area contributed by atoms with Gasteiger partial charge in [0.2, 0.25) is 0 Å². The average Bonchev–Trinajstić information content (AvgIpc) is 2.07. The van der Waals surface area contributed by atoms with Gasteiger partial charge in [0, 0.05) is 6.42 Å². The summed E-state index contributed by atoms with van der Waals surface area (Å²) < 4.78 is 5.22. The second-order valence-electron chi connectivity index (χ2n) is 3.00. The Balaban J connectivity index is 2.34. The monoisotopic (exact) mass is 166 g/mol. The number of allylic oxidation sites excluding steroid dienone is 3. The SMILES string of the molecule is O=C1CCOC2=C(O)C=CCC12. The van der Waals surface area contributed by atoms with Crippen LogP contribution in [0.4, 0.5) is 0 Å². The van der Waals surface area contributed by atoms with Crippen molar-refractivity contribution in [1.82, 2.24) is 0 Å². The highest BCUT2D eigenvalue weighted by atomic mass is 16.5. The Kier molecular flexibility index (Phi) is 1.64. The van der Waals surface area contributed by atoms with Crippen LogP contribution in [0.2, 0.25) is 0 Å². The van der Waals surface area contributed by atoms with E-state index in [1.807, 2.05) is 0 Å². The molecule has 1 heterocycles. The summed E-state index contributed by atoms with van der Waals surface area (Å²) in [6, 6.07) is 0. The highest BCUT2D eigenvalue weighted by Crippen LogP contribution is 2.30. The maximum atomic E-state index is 11.3. The van der Waals surface area contributed by atoms with Gasteiger partial charge in [-0.25, -0.2) is 0 Å². The molecule has 1 unspecified atom stereocenters. The minimum absolute atomic E-state index is 0.110. The molecule has 0 saturated carbocycles. The fourth-order valence-corrected chi connectivity index (χ4v) is 1.57. The highest BCUT2D eigenvalue weighted by Gasteiger charge is 2.31. The van der Waals surface area contributed by atoms with E-state index >= 15 is 0 Å². The minimum atomic E-state index is -0.219. The van der Waals surface area contributed by atoms with Gasteiger partial charge in [-0.2, -0.15) is 0 Å². The molecule has 3 nitrogen and oxygen atoms in total.